The minimum Gasteiger partial charge on any atom is -0.368 e. The van der Waals surface area contributed by atoms with Gasteiger partial charge in [0.15, 0.2) is 0 Å². The summed E-state index contributed by atoms with van der Waals surface area (Å²) >= 11 is 0. The van der Waals surface area contributed by atoms with Crippen LogP contribution in [0.25, 0.3) is 0 Å². The summed E-state index contributed by atoms with van der Waals surface area (Å²) in [5.41, 5.74) is 1.22. The van der Waals surface area contributed by atoms with E-state index in [1.165, 1.54) is 11.8 Å². The summed E-state index contributed by atoms with van der Waals surface area (Å²) < 4.78 is 27.0. The number of rotatable bonds is 7. The van der Waals surface area contributed by atoms with Gasteiger partial charge < -0.3 is 10.2 Å². The van der Waals surface area contributed by atoms with E-state index in [1.807, 2.05) is 32.3 Å². The van der Waals surface area contributed by atoms with Crippen molar-refractivity contribution in [1.82, 2.24) is 14.2 Å². The smallest absolute Gasteiger partial charge is 0.244 e. The van der Waals surface area contributed by atoms with E-state index in [2.05, 4.69) is 27.3 Å². The zero-order chi connectivity index (χ0) is 19.3. The van der Waals surface area contributed by atoms with Gasteiger partial charge >= 0.3 is 0 Å². The van der Waals surface area contributed by atoms with Crippen molar-refractivity contribution in [2.24, 2.45) is 0 Å². The minimum absolute atomic E-state index is 0.199. The number of likely N-dealkylation sites (N-methyl/N-ethyl adjacent to an activating group) is 1. The third-order valence-corrected chi connectivity index (χ3v) is 6.86. The van der Waals surface area contributed by atoms with Gasteiger partial charge in [0.2, 0.25) is 10.0 Å². The van der Waals surface area contributed by atoms with E-state index in [0.29, 0.717) is 25.5 Å². The quantitative estimate of drug-likeness (QED) is 0.790. The van der Waals surface area contributed by atoms with E-state index in [0.717, 1.165) is 19.3 Å². The largest absolute Gasteiger partial charge is 0.368 e. The number of pyridine rings is 1. The van der Waals surface area contributed by atoms with Crippen LogP contribution in [0.2, 0.25) is 0 Å². The van der Waals surface area contributed by atoms with Crippen LogP contribution in [0.1, 0.15) is 30.9 Å². The average molecular weight is 389 g/mol. The first kappa shape index (κ1) is 19.8. The van der Waals surface area contributed by atoms with Crippen LogP contribution in [0.4, 0.5) is 5.82 Å². The molecule has 1 aromatic heterocycles. The number of aromatic nitrogens is 1. The molecule has 0 saturated carbocycles. The summed E-state index contributed by atoms with van der Waals surface area (Å²) in [4.78, 5) is 6.75. The molecule has 0 aliphatic carbocycles. The van der Waals surface area contributed by atoms with Gasteiger partial charge in [-0.25, -0.2) is 13.4 Å². The Morgan fingerprint density at radius 2 is 1.78 bits per heavy atom. The van der Waals surface area contributed by atoms with E-state index < -0.39 is 10.0 Å². The molecule has 1 aliphatic rings. The van der Waals surface area contributed by atoms with E-state index in [9.17, 15) is 8.42 Å². The van der Waals surface area contributed by atoms with Gasteiger partial charge in [0, 0.05) is 25.8 Å². The molecule has 2 aromatic rings. The summed E-state index contributed by atoms with van der Waals surface area (Å²) in [5, 5.41) is 3.32. The van der Waals surface area contributed by atoms with Crippen LogP contribution in [0.3, 0.4) is 0 Å². The second-order valence-corrected chi connectivity index (χ2v) is 9.05. The Bertz CT molecular complexity index is 817. The highest BCUT2D eigenvalue weighted by Gasteiger charge is 2.26. The molecule has 27 heavy (non-hydrogen) atoms. The SMILES string of the molecule is CN(C)C(CNc1ccc(S(=O)(=O)N2CCCCC2)cn1)c1ccccc1. The lowest BCUT2D eigenvalue weighted by Gasteiger charge is -2.26. The summed E-state index contributed by atoms with van der Waals surface area (Å²) in [5.74, 6) is 0.676. The number of piperidine rings is 1. The molecule has 0 radical (unpaired) electrons. The third kappa shape index (κ3) is 4.86. The summed E-state index contributed by atoms with van der Waals surface area (Å²) in [6, 6.07) is 13.9. The molecule has 1 aliphatic heterocycles. The van der Waals surface area contributed by atoms with Crippen LogP contribution < -0.4 is 5.32 Å². The number of sulfonamides is 1. The Labute approximate surface area is 162 Å². The fraction of sp³-hybridized carbons (Fsp3) is 0.450. The number of anilines is 1. The molecule has 6 nitrogen and oxygen atoms in total. The van der Waals surface area contributed by atoms with E-state index in [1.54, 1.807) is 16.4 Å². The van der Waals surface area contributed by atoms with Gasteiger partial charge in [0.1, 0.15) is 10.7 Å². The minimum atomic E-state index is -3.43. The highest BCUT2D eigenvalue weighted by Crippen LogP contribution is 2.22. The van der Waals surface area contributed by atoms with Crippen molar-refractivity contribution >= 4 is 15.8 Å². The molecular formula is C20H28N4O2S. The van der Waals surface area contributed by atoms with Crippen molar-refractivity contribution in [3.63, 3.8) is 0 Å². The Morgan fingerprint density at radius 1 is 1.07 bits per heavy atom. The lowest BCUT2D eigenvalue weighted by molar-refractivity contribution is 0.311. The summed E-state index contributed by atoms with van der Waals surface area (Å²) in [6.45, 7) is 1.89. The zero-order valence-electron chi connectivity index (χ0n) is 16.0. The maximum Gasteiger partial charge on any atom is 0.244 e. The lowest BCUT2D eigenvalue weighted by Crippen LogP contribution is -2.35. The van der Waals surface area contributed by atoms with Crippen LogP contribution in [-0.4, -0.2) is 56.3 Å². The Balaban J connectivity index is 1.66. The van der Waals surface area contributed by atoms with Gasteiger partial charge in [-0.3, -0.25) is 0 Å². The molecule has 7 heteroatoms. The van der Waals surface area contributed by atoms with Crippen molar-refractivity contribution in [3.05, 3.63) is 54.2 Å². The second kappa shape index (κ2) is 8.82. The summed E-state index contributed by atoms with van der Waals surface area (Å²) in [6.07, 6.45) is 4.41. The molecule has 1 N–H and O–H groups in total. The highest BCUT2D eigenvalue weighted by atomic mass is 32.2. The second-order valence-electron chi connectivity index (χ2n) is 7.11. The molecule has 1 unspecified atom stereocenters. The molecule has 3 rings (SSSR count). The number of benzene rings is 1. The average Bonchev–Trinajstić information content (AvgIpc) is 2.70. The zero-order valence-corrected chi connectivity index (χ0v) is 16.8. The number of hydrogen-bond donors (Lipinski definition) is 1. The van der Waals surface area contributed by atoms with Crippen molar-refractivity contribution < 1.29 is 8.42 Å². The Morgan fingerprint density at radius 3 is 2.37 bits per heavy atom. The van der Waals surface area contributed by atoms with Gasteiger partial charge in [-0.15, -0.1) is 0 Å². The van der Waals surface area contributed by atoms with Gasteiger partial charge in [-0.1, -0.05) is 36.8 Å². The molecule has 1 atom stereocenters. The van der Waals surface area contributed by atoms with Crippen LogP contribution in [0.15, 0.2) is 53.6 Å². The number of hydrogen-bond acceptors (Lipinski definition) is 5. The standard InChI is InChI=1S/C20H28N4O2S/c1-23(2)19(17-9-5-3-6-10-17)16-22-20-12-11-18(15-21-20)27(25,26)24-13-7-4-8-14-24/h3,5-6,9-12,15,19H,4,7-8,13-14,16H2,1-2H3,(H,21,22). The molecule has 0 bridgehead atoms. The van der Waals surface area contributed by atoms with E-state index >= 15 is 0 Å². The van der Waals surface area contributed by atoms with Gasteiger partial charge in [0.05, 0.1) is 6.04 Å². The molecule has 146 valence electrons. The van der Waals surface area contributed by atoms with Gasteiger partial charge in [-0.2, -0.15) is 4.31 Å². The predicted octanol–water partition coefficient (Wildman–Crippen LogP) is 2.97. The fourth-order valence-corrected chi connectivity index (χ4v) is 4.83. The van der Waals surface area contributed by atoms with Crippen molar-refractivity contribution in [2.75, 3.05) is 39.0 Å². The number of nitrogens with zero attached hydrogens (tertiary/aromatic N) is 3. The highest BCUT2D eigenvalue weighted by molar-refractivity contribution is 7.89. The van der Waals surface area contributed by atoms with Crippen molar-refractivity contribution in [3.8, 4) is 0 Å². The van der Waals surface area contributed by atoms with Gasteiger partial charge in [0.25, 0.3) is 0 Å². The first-order valence-electron chi connectivity index (χ1n) is 9.40. The first-order chi connectivity index (χ1) is 13.0. The topological polar surface area (TPSA) is 65.5 Å². The van der Waals surface area contributed by atoms with Crippen LogP contribution >= 0.6 is 0 Å². The first-order valence-corrected chi connectivity index (χ1v) is 10.8. The number of nitrogens with one attached hydrogen (secondary N) is 1. The van der Waals surface area contributed by atoms with Crippen LogP contribution in [0, 0.1) is 0 Å². The molecule has 0 amide bonds. The summed E-state index contributed by atoms with van der Waals surface area (Å²) in [7, 11) is 0.654. The fourth-order valence-electron chi connectivity index (χ4n) is 3.37. The maximum atomic E-state index is 12.7. The third-order valence-electron chi connectivity index (χ3n) is 4.97. The molecule has 2 heterocycles. The van der Waals surface area contributed by atoms with Gasteiger partial charge in [-0.05, 0) is 44.6 Å². The molecule has 1 saturated heterocycles. The predicted molar refractivity (Wildman–Crippen MR) is 108 cm³/mol. The van der Waals surface area contributed by atoms with E-state index in [-0.39, 0.29) is 10.9 Å². The van der Waals surface area contributed by atoms with Crippen LogP contribution in [0.5, 0.6) is 0 Å². The molecule has 0 spiro atoms. The molecule has 1 aromatic carbocycles. The van der Waals surface area contributed by atoms with Crippen molar-refractivity contribution in [1.29, 1.82) is 0 Å². The van der Waals surface area contributed by atoms with E-state index in [4.69, 9.17) is 0 Å². The Hall–Kier alpha value is -1.96. The maximum absolute atomic E-state index is 12.7. The normalized spacial score (nSPS) is 17.0. The Kier molecular flexibility index (Phi) is 6.46. The molecular weight excluding hydrogens is 360 g/mol. The van der Waals surface area contributed by atoms with Crippen molar-refractivity contribution in [2.45, 2.75) is 30.2 Å². The lowest BCUT2D eigenvalue weighted by atomic mass is 10.1. The molecule has 1 fully saturated rings. The van der Waals surface area contributed by atoms with Crippen LogP contribution in [-0.2, 0) is 10.0 Å². The monoisotopic (exact) mass is 388 g/mol.